The number of nitrogens with two attached hydrogens (primary N) is 1. The molecule has 1 unspecified atom stereocenters. The second kappa shape index (κ2) is 6.24. The van der Waals surface area contributed by atoms with Gasteiger partial charge in [0.25, 0.3) is 0 Å². The van der Waals surface area contributed by atoms with Crippen LogP contribution in [0, 0.1) is 0 Å². The molecule has 0 saturated heterocycles. The number of rotatable bonds is 3. The van der Waals surface area contributed by atoms with Crippen LogP contribution in [0.5, 0.6) is 5.75 Å². The van der Waals surface area contributed by atoms with Crippen molar-refractivity contribution in [1.82, 2.24) is 0 Å². The van der Waals surface area contributed by atoms with Gasteiger partial charge in [-0.2, -0.15) is 0 Å². The first-order valence-electron chi connectivity index (χ1n) is 3.89. The Morgan fingerprint density at radius 1 is 1.57 bits per heavy atom. The largest absolute Gasteiger partial charge is 0.496 e. The molecule has 5 heteroatoms. The maximum Gasteiger partial charge on any atom is 0.123 e. The Balaban J connectivity index is 0.00000169. The van der Waals surface area contributed by atoms with Gasteiger partial charge in [-0.3, -0.25) is 0 Å². The van der Waals surface area contributed by atoms with Gasteiger partial charge in [0.2, 0.25) is 0 Å². The van der Waals surface area contributed by atoms with Gasteiger partial charge in [0, 0.05) is 10.0 Å². The topological polar surface area (TPSA) is 55.5 Å². The summed E-state index contributed by atoms with van der Waals surface area (Å²) in [5.74, 6) is 0.699. The Morgan fingerprint density at radius 3 is 2.71 bits per heavy atom. The minimum atomic E-state index is -0.396. The molecule has 1 atom stereocenters. The zero-order valence-corrected chi connectivity index (χ0v) is 10.1. The molecule has 0 aliphatic heterocycles. The molecule has 0 aliphatic rings. The zero-order chi connectivity index (χ0) is 9.84. The first-order valence-corrected chi connectivity index (χ1v) is 4.68. The lowest BCUT2D eigenvalue weighted by atomic mass is 10.1. The Kier molecular flexibility index (Phi) is 6.11. The van der Waals surface area contributed by atoms with Crippen molar-refractivity contribution in [1.29, 1.82) is 0 Å². The monoisotopic (exact) mass is 281 g/mol. The molecular weight excluding hydrogens is 269 g/mol. The van der Waals surface area contributed by atoms with Gasteiger partial charge in [-0.15, -0.1) is 12.4 Å². The average Bonchev–Trinajstić information content (AvgIpc) is 2.16. The van der Waals surface area contributed by atoms with E-state index in [0.29, 0.717) is 5.75 Å². The van der Waals surface area contributed by atoms with Crippen LogP contribution in [-0.4, -0.2) is 18.8 Å². The van der Waals surface area contributed by atoms with Crippen molar-refractivity contribution in [3.63, 3.8) is 0 Å². The van der Waals surface area contributed by atoms with E-state index >= 15 is 0 Å². The van der Waals surface area contributed by atoms with Crippen molar-refractivity contribution < 1.29 is 9.84 Å². The lowest BCUT2D eigenvalue weighted by Crippen LogP contribution is -2.15. The van der Waals surface area contributed by atoms with Crippen LogP contribution < -0.4 is 10.5 Å². The predicted molar refractivity (Wildman–Crippen MR) is 62.0 cm³/mol. The summed E-state index contributed by atoms with van der Waals surface area (Å²) >= 11 is 3.33. The highest BCUT2D eigenvalue weighted by Crippen LogP contribution is 2.26. The van der Waals surface area contributed by atoms with E-state index in [2.05, 4.69) is 15.9 Å². The van der Waals surface area contributed by atoms with Gasteiger partial charge in [-0.1, -0.05) is 15.9 Å². The van der Waals surface area contributed by atoms with Crippen molar-refractivity contribution in [2.24, 2.45) is 5.73 Å². The molecular formula is C9H13BrClNO2. The highest BCUT2D eigenvalue weighted by Gasteiger charge is 2.10. The molecule has 1 aromatic carbocycles. The lowest BCUT2D eigenvalue weighted by Gasteiger charge is -2.13. The van der Waals surface area contributed by atoms with Gasteiger partial charge in [0.15, 0.2) is 0 Å². The van der Waals surface area contributed by atoms with Gasteiger partial charge >= 0.3 is 0 Å². The van der Waals surface area contributed by atoms with E-state index in [-0.39, 0.29) is 19.0 Å². The van der Waals surface area contributed by atoms with Gasteiger partial charge in [0.05, 0.1) is 19.8 Å². The molecule has 0 saturated carbocycles. The minimum Gasteiger partial charge on any atom is -0.496 e. The van der Waals surface area contributed by atoms with E-state index in [1.54, 1.807) is 7.11 Å². The van der Waals surface area contributed by atoms with Crippen molar-refractivity contribution >= 4 is 28.3 Å². The molecule has 3 N–H and O–H groups in total. The Labute approximate surface area is 97.8 Å². The molecule has 0 aliphatic carbocycles. The van der Waals surface area contributed by atoms with Crippen LogP contribution in [0.3, 0.4) is 0 Å². The summed E-state index contributed by atoms with van der Waals surface area (Å²) in [6, 6.07) is 5.13. The van der Waals surface area contributed by atoms with Gasteiger partial charge in [-0.25, -0.2) is 0 Å². The van der Waals surface area contributed by atoms with Crippen LogP contribution in [0.25, 0.3) is 0 Å². The second-order valence-electron chi connectivity index (χ2n) is 2.68. The Morgan fingerprint density at radius 2 is 2.21 bits per heavy atom. The molecule has 0 fully saturated rings. The summed E-state index contributed by atoms with van der Waals surface area (Å²) in [5, 5.41) is 8.90. The number of methoxy groups -OCH3 is 1. The molecule has 1 rings (SSSR count). The van der Waals surface area contributed by atoms with Crippen molar-refractivity contribution in [2.75, 3.05) is 13.7 Å². The minimum absolute atomic E-state index is 0. The Bertz CT molecular complexity index is 296. The molecule has 0 heterocycles. The molecule has 1 aromatic rings. The van der Waals surface area contributed by atoms with Crippen LogP contribution >= 0.6 is 28.3 Å². The quantitative estimate of drug-likeness (QED) is 0.890. The number of halogens is 2. The Hall–Kier alpha value is -0.290. The summed E-state index contributed by atoms with van der Waals surface area (Å²) < 4.78 is 6.03. The molecule has 3 nitrogen and oxygen atoms in total. The van der Waals surface area contributed by atoms with Crippen LogP contribution in [0.4, 0.5) is 0 Å². The second-order valence-corrected chi connectivity index (χ2v) is 3.59. The van der Waals surface area contributed by atoms with Crippen molar-refractivity contribution in [3.05, 3.63) is 28.2 Å². The highest BCUT2D eigenvalue weighted by molar-refractivity contribution is 9.10. The number of aliphatic hydroxyl groups is 1. The summed E-state index contributed by atoms with van der Waals surface area (Å²) in [6.45, 7) is -0.0905. The van der Waals surface area contributed by atoms with Crippen molar-refractivity contribution in [3.8, 4) is 5.75 Å². The third kappa shape index (κ3) is 3.13. The van der Waals surface area contributed by atoms with Crippen LogP contribution in [0.15, 0.2) is 22.7 Å². The number of hydrogen-bond acceptors (Lipinski definition) is 3. The molecule has 14 heavy (non-hydrogen) atoms. The summed E-state index contributed by atoms with van der Waals surface area (Å²) in [4.78, 5) is 0. The van der Waals surface area contributed by atoms with Crippen LogP contribution in [0.2, 0.25) is 0 Å². The highest BCUT2D eigenvalue weighted by atomic mass is 79.9. The fourth-order valence-corrected chi connectivity index (χ4v) is 1.47. The number of benzene rings is 1. The van der Waals surface area contributed by atoms with Gasteiger partial charge in [-0.05, 0) is 18.2 Å². The number of hydrogen-bond donors (Lipinski definition) is 2. The first-order chi connectivity index (χ1) is 6.19. The molecule has 0 bridgehead atoms. The van der Waals surface area contributed by atoms with Crippen LogP contribution in [0.1, 0.15) is 11.6 Å². The summed E-state index contributed by atoms with van der Waals surface area (Å²) in [5.41, 5.74) is 6.49. The molecule has 80 valence electrons. The summed E-state index contributed by atoms with van der Waals surface area (Å²) in [6.07, 6.45) is 0. The number of ether oxygens (including phenoxy) is 1. The van der Waals surface area contributed by atoms with Gasteiger partial charge in [0.1, 0.15) is 5.75 Å². The molecule has 0 amide bonds. The van der Waals surface area contributed by atoms with E-state index in [0.717, 1.165) is 10.0 Å². The predicted octanol–water partition coefficient (Wildman–Crippen LogP) is 1.87. The molecule has 0 aromatic heterocycles. The maximum absolute atomic E-state index is 8.90. The fraction of sp³-hybridized carbons (Fsp3) is 0.333. The van der Waals surface area contributed by atoms with E-state index in [4.69, 9.17) is 15.6 Å². The third-order valence-corrected chi connectivity index (χ3v) is 2.28. The van der Waals surface area contributed by atoms with E-state index < -0.39 is 6.04 Å². The normalized spacial score (nSPS) is 11.7. The third-order valence-electron chi connectivity index (χ3n) is 1.79. The van der Waals surface area contributed by atoms with Gasteiger partial charge < -0.3 is 15.6 Å². The standard InChI is InChI=1S/C9H12BrNO2.ClH/c1-13-9-3-2-6(10)4-7(9)8(11)5-12;/h2-4,8,12H,5,11H2,1H3;1H. The first kappa shape index (κ1) is 13.7. The van der Waals surface area contributed by atoms with Crippen LogP contribution in [-0.2, 0) is 0 Å². The number of aliphatic hydroxyl groups excluding tert-OH is 1. The average molecular weight is 283 g/mol. The SMILES string of the molecule is COc1ccc(Br)cc1C(N)CO.Cl. The fourth-order valence-electron chi connectivity index (χ4n) is 1.09. The lowest BCUT2D eigenvalue weighted by molar-refractivity contribution is 0.264. The zero-order valence-electron chi connectivity index (χ0n) is 7.74. The van der Waals surface area contributed by atoms with E-state index in [1.165, 1.54) is 0 Å². The maximum atomic E-state index is 8.90. The smallest absolute Gasteiger partial charge is 0.123 e. The molecule has 0 radical (unpaired) electrons. The molecule has 0 spiro atoms. The van der Waals surface area contributed by atoms with Crippen molar-refractivity contribution in [2.45, 2.75) is 6.04 Å². The van der Waals surface area contributed by atoms with E-state index in [9.17, 15) is 0 Å². The van der Waals surface area contributed by atoms with E-state index in [1.807, 2.05) is 18.2 Å². The summed E-state index contributed by atoms with van der Waals surface area (Å²) in [7, 11) is 1.58.